The van der Waals surface area contributed by atoms with E-state index in [9.17, 15) is 14.9 Å². The van der Waals surface area contributed by atoms with E-state index >= 15 is 0 Å². The lowest BCUT2D eigenvalue weighted by Gasteiger charge is -2.10. The van der Waals surface area contributed by atoms with E-state index in [1.54, 1.807) is 19.1 Å². The molecule has 0 aliphatic heterocycles. The lowest BCUT2D eigenvalue weighted by atomic mass is 10.1. The molecule has 8 heteroatoms. The van der Waals surface area contributed by atoms with E-state index in [1.165, 1.54) is 23.0 Å². The van der Waals surface area contributed by atoms with Gasteiger partial charge in [-0.1, -0.05) is 22.0 Å². The van der Waals surface area contributed by atoms with Crippen LogP contribution in [-0.2, 0) is 0 Å². The molecule has 1 N–H and O–H groups in total. The number of aromatic nitrogens is 2. The summed E-state index contributed by atoms with van der Waals surface area (Å²) in [5, 5.41) is 13.9. The standard InChI is InChI=1S/C19H17BrN4O3/c1-11-12(2)18(8-7-17(11)20)23-19(25)16(13(3)22-23)10-21-14-5-4-6-15(9-14)24(26)27/h4-10,22H,1-3H3. The van der Waals surface area contributed by atoms with Gasteiger partial charge in [-0.05, 0) is 50.1 Å². The fourth-order valence-electron chi connectivity index (χ4n) is 2.72. The summed E-state index contributed by atoms with van der Waals surface area (Å²) in [7, 11) is 0. The van der Waals surface area contributed by atoms with Gasteiger partial charge in [-0.25, -0.2) is 4.68 Å². The highest BCUT2D eigenvalue weighted by atomic mass is 79.9. The molecule has 0 fully saturated rings. The van der Waals surface area contributed by atoms with Crippen molar-refractivity contribution in [3.8, 4) is 5.69 Å². The number of H-pyrrole nitrogens is 1. The van der Waals surface area contributed by atoms with Crippen molar-refractivity contribution in [2.45, 2.75) is 20.8 Å². The zero-order chi connectivity index (χ0) is 19.7. The number of nitro groups is 1. The first-order chi connectivity index (χ1) is 12.8. The number of non-ortho nitro benzene ring substituents is 1. The van der Waals surface area contributed by atoms with Crippen LogP contribution in [0.5, 0.6) is 0 Å². The molecule has 0 bridgehead atoms. The fourth-order valence-corrected chi connectivity index (χ4v) is 3.15. The third-order valence-corrected chi connectivity index (χ3v) is 5.29. The van der Waals surface area contributed by atoms with Gasteiger partial charge in [-0.15, -0.1) is 0 Å². The highest BCUT2D eigenvalue weighted by Gasteiger charge is 2.14. The second-order valence-corrected chi connectivity index (χ2v) is 7.00. The molecule has 0 atom stereocenters. The summed E-state index contributed by atoms with van der Waals surface area (Å²) < 4.78 is 2.46. The Morgan fingerprint density at radius 3 is 2.63 bits per heavy atom. The predicted molar refractivity (Wildman–Crippen MR) is 109 cm³/mol. The summed E-state index contributed by atoms with van der Waals surface area (Å²) in [5.41, 5.74) is 3.99. The van der Waals surface area contributed by atoms with Crippen molar-refractivity contribution in [2.24, 2.45) is 4.99 Å². The van der Waals surface area contributed by atoms with Crippen molar-refractivity contribution in [3.05, 3.63) is 83.7 Å². The van der Waals surface area contributed by atoms with Crippen LogP contribution in [0.2, 0.25) is 0 Å². The summed E-state index contributed by atoms with van der Waals surface area (Å²) >= 11 is 3.49. The molecule has 1 heterocycles. The lowest BCUT2D eigenvalue weighted by Crippen LogP contribution is -2.18. The quantitative estimate of drug-likeness (QED) is 0.376. The van der Waals surface area contributed by atoms with Gasteiger partial charge in [-0.2, -0.15) is 0 Å². The molecule has 0 aliphatic rings. The Bertz CT molecular complexity index is 1130. The van der Waals surface area contributed by atoms with Crippen LogP contribution in [0.1, 0.15) is 22.4 Å². The van der Waals surface area contributed by atoms with E-state index in [1.807, 2.05) is 26.0 Å². The molecule has 0 saturated heterocycles. The Labute approximate surface area is 163 Å². The molecule has 7 nitrogen and oxygen atoms in total. The number of benzene rings is 2. The summed E-state index contributed by atoms with van der Waals surface area (Å²) in [4.78, 5) is 27.5. The molecule has 0 radical (unpaired) electrons. The molecule has 0 spiro atoms. The van der Waals surface area contributed by atoms with E-state index in [4.69, 9.17) is 0 Å². The van der Waals surface area contributed by atoms with Crippen LogP contribution in [-0.4, -0.2) is 20.9 Å². The van der Waals surface area contributed by atoms with Crippen molar-refractivity contribution in [3.63, 3.8) is 0 Å². The first-order valence-corrected chi connectivity index (χ1v) is 8.95. The summed E-state index contributed by atoms with van der Waals surface area (Å²) in [6.07, 6.45) is 1.44. The van der Waals surface area contributed by atoms with E-state index in [0.717, 1.165) is 21.3 Å². The average molecular weight is 429 g/mol. The molecule has 0 aliphatic carbocycles. The highest BCUT2D eigenvalue weighted by Crippen LogP contribution is 2.24. The zero-order valence-corrected chi connectivity index (χ0v) is 16.6. The second kappa shape index (κ2) is 7.32. The lowest BCUT2D eigenvalue weighted by molar-refractivity contribution is -0.384. The summed E-state index contributed by atoms with van der Waals surface area (Å²) in [6, 6.07) is 9.72. The van der Waals surface area contributed by atoms with Gasteiger partial charge in [0.05, 0.1) is 21.9 Å². The Morgan fingerprint density at radius 2 is 1.93 bits per heavy atom. The number of nitro benzene ring substituents is 1. The predicted octanol–water partition coefficient (Wildman–Crippen LogP) is 4.51. The smallest absolute Gasteiger partial charge is 0.280 e. The number of nitrogens with one attached hydrogen (secondary N) is 1. The highest BCUT2D eigenvalue weighted by molar-refractivity contribution is 9.10. The molecule has 0 amide bonds. The Kier molecular flexibility index (Phi) is 5.09. The van der Waals surface area contributed by atoms with Gasteiger partial charge in [0, 0.05) is 28.5 Å². The Morgan fingerprint density at radius 1 is 1.19 bits per heavy atom. The number of aromatic amines is 1. The maximum Gasteiger partial charge on any atom is 0.280 e. The topological polar surface area (TPSA) is 93.3 Å². The zero-order valence-electron chi connectivity index (χ0n) is 15.0. The van der Waals surface area contributed by atoms with Crippen LogP contribution in [0, 0.1) is 30.9 Å². The molecule has 2 aromatic carbocycles. The molecule has 0 saturated carbocycles. The van der Waals surface area contributed by atoms with Crippen LogP contribution in [0.4, 0.5) is 11.4 Å². The number of halogens is 1. The van der Waals surface area contributed by atoms with Crippen molar-refractivity contribution in [1.82, 2.24) is 9.78 Å². The second-order valence-electron chi connectivity index (χ2n) is 6.14. The minimum Gasteiger partial charge on any atom is -0.295 e. The maximum atomic E-state index is 12.9. The van der Waals surface area contributed by atoms with Crippen LogP contribution >= 0.6 is 15.9 Å². The van der Waals surface area contributed by atoms with Crippen molar-refractivity contribution < 1.29 is 4.92 Å². The van der Waals surface area contributed by atoms with Gasteiger partial charge in [0.1, 0.15) is 0 Å². The van der Waals surface area contributed by atoms with Crippen LogP contribution in [0.25, 0.3) is 5.69 Å². The SMILES string of the molecule is Cc1[nH]n(-c2ccc(Br)c(C)c2C)c(=O)c1C=Nc1cccc([N+](=O)[O-])c1. The van der Waals surface area contributed by atoms with Gasteiger partial charge in [0.25, 0.3) is 11.2 Å². The average Bonchev–Trinajstić information content (AvgIpc) is 2.92. The maximum absolute atomic E-state index is 12.9. The molecule has 0 unspecified atom stereocenters. The number of hydrogen-bond donors (Lipinski definition) is 1. The number of hydrogen-bond acceptors (Lipinski definition) is 4. The number of aryl methyl sites for hydroxylation is 1. The monoisotopic (exact) mass is 428 g/mol. The summed E-state index contributed by atoms with van der Waals surface area (Å²) in [6.45, 7) is 5.72. The van der Waals surface area contributed by atoms with Crippen LogP contribution in [0.3, 0.4) is 0 Å². The van der Waals surface area contributed by atoms with E-state index in [-0.39, 0.29) is 11.2 Å². The normalized spacial score (nSPS) is 11.3. The Balaban J connectivity index is 2.03. The molecule has 3 rings (SSSR count). The molecule has 27 heavy (non-hydrogen) atoms. The molecule has 3 aromatic rings. The van der Waals surface area contributed by atoms with Gasteiger partial charge < -0.3 is 0 Å². The van der Waals surface area contributed by atoms with Gasteiger partial charge in [-0.3, -0.25) is 25.0 Å². The first kappa shape index (κ1) is 18.8. The summed E-state index contributed by atoms with van der Waals surface area (Å²) in [5.74, 6) is 0. The van der Waals surface area contributed by atoms with Crippen molar-refractivity contribution >= 4 is 33.5 Å². The van der Waals surface area contributed by atoms with Crippen molar-refractivity contribution in [1.29, 1.82) is 0 Å². The van der Waals surface area contributed by atoms with Crippen LogP contribution < -0.4 is 5.56 Å². The van der Waals surface area contributed by atoms with Gasteiger partial charge >= 0.3 is 0 Å². The minimum atomic E-state index is -0.480. The van der Waals surface area contributed by atoms with E-state index in [0.29, 0.717) is 16.9 Å². The molecule has 138 valence electrons. The number of aliphatic imine (C=N–C) groups is 1. The third kappa shape index (κ3) is 3.61. The number of nitrogens with zero attached hydrogens (tertiary/aromatic N) is 3. The first-order valence-electron chi connectivity index (χ1n) is 8.16. The van der Waals surface area contributed by atoms with Crippen molar-refractivity contribution in [2.75, 3.05) is 0 Å². The molecule has 1 aromatic heterocycles. The minimum absolute atomic E-state index is 0.0474. The fraction of sp³-hybridized carbons (Fsp3) is 0.158. The van der Waals surface area contributed by atoms with E-state index in [2.05, 4.69) is 26.0 Å². The molecular formula is C19H17BrN4O3. The Hall–Kier alpha value is -3.00. The largest absolute Gasteiger partial charge is 0.295 e. The molecular weight excluding hydrogens is 412 g/mol. The number of rotatable bonds is 4. The van der Waals surface area contributed by atoms with Gasteiger partial charge in [0.15, 0.2) is 0 Å². The van der Waals surface area contributed by atoms with Crippen LogP contribution in [0.15, 0.2) is 50.7 Å². The van der Waals surface area contributed by atoms with Gasteiger partial charge in [0.2, 0.25) is 0 Å². The third-order valence-electron chi connectivity index (χ3n) is 4.43. The van der Waals surface area contributed by atoms with E-state index < -0.39 is 4.92 Å².